The van der Waals surface area contributed by atoms with Gasteiger partial charge in [0.2, 0.25) is 15.9 Å². The molecule has 0 aliphatic heterocycles. The first-order chi connectivity index (χ1) is 17.6. The summed E-state index contributed by atoms with van der Waals surface area (Å²) in [6.07, 6.45) is 1.11. The summed E-state index contributed by atoms with van der Waals surface area (Å²) in [5.41, 5.74) is 8.16. The first kappa shape index (κ1) is 29.4. The molecule has 1 amide bonds. The lowest BCUT2D eigenvalue weighted by atomic mass is 10.0. The predicted octanol–water partition coefficient (Wildman–Crippen LogP) is 5.51. The van der Waals surface area contributed by atoms with Crippen molar-refractivity contribution in [2.45, 2.75) is 39.7 Å². The van der Waals surface area contributed by atoms with E-state index in [0.717, 1.165) is 33.3 Å². The minimum atomic E-state index is -3.71. The fourth-order valence-electron chi connectivity index (χ4n) is 3.68. The molecule has 0 unspecified atom stereocenters. The van der Waals surface area contributed by atoms with Crippen molar-refractivity contribution in [3.63, 3.8) is 0 Å². The smallest absolute Gasteiger partial charge is 0.235 e. The van der Waals surface area contributed by atoms with E-state index in [1.807, 2.05) is 47.4 Å². The molecule has 0 aliphatic carbocycles. The van der Waals surface area contributed by atoms with Crippen molar-refractivity contribution in [2.24, 2.45) is 11.7 Å². The second kappa shape index (κ2) is 13.6. The number of carbonyl (C=O) groups excluding carboxylic acids is 1. The Bertz CT molecular complexity index is 1300. The fraction of sp³-hybridized carbons (Fsp3) is 0.385. The lowest BCUT2D eigenvalue weighted by Crippen LogP contribution is -2.35. The van der Waals surface area contributed by atoms with Gasteiger partial charge < -0.3 is 10.6 Å². The van der Waals surface area contributed by atoms with Gasteiger partial charge in [0.15, 0.2) is 5.13 Å². The highest BCUT2D eigenvalue weighted by molar-refractivity contribution is 7.90. The van der Waals surface area contributed by atoms with Gasteiger partial charge in [0.05, 0.1) is 21.5 Å². The van der Waals surface area contributed by atoms with Crippen molar-refractivity contribution < 1.29 is 13.2 Å². The number of nitrogens with one attached hydrogen (secondary N) is 1. The number of thiazole rings is 1. The summed E-state index contributed by atoms with van der Waals surface area (Å²) in [4.78, 5) is 20.6. The molecule has 0 atom stereocenters. The van der Waals surface area contributed by atoms with Gasteiger partial charge >= 0.3 is 0 Å². The number of benzene rings is 2. The van der Waals surface area contributed by atoms with Gasteiger partial charge in [0.1, 0.15) is 0 Å². The van der Waals surface area contributed by atoms with Crippen LogP contribution >= 0.6 is 34.5 Å². The van der Waals surface area contributed by atoms with Crippen LogP contribution in [0.3, 0.4) is 0 Å². The number of aromatic nitrogens is 1. The summed E-state index contributed by atoms with van der Waals surface area (Å²) < 4.78 is 26.4. The lowest BCUT2D eigenvalue weighted by Gasteiger charge is -2.22. The van der Waals surface area contributed by atoms with Gasteiger partial charge in [0, 0.05) is 30.0 Å². The molecule has 37 heavy (non-hydrogen) atoms. The number of nitrogens with zero attached hydrogens (tertiary/aromatic N) is 2. The molecule has 2 aromatic carbocycles. The van der Waals surface area contributed by atoms with Crippen LogP contribution in [0.2, 0.25) is 10.0 Å². The van der Waals surface area contributed by atoms with Crippen LogP contribution in [0, 0.1) is 5.92 Å². The van der Waals surface area contributed by atoms with E-state index in [9.17, 15) is 13.2 Å². The first-order valence-corrected chi connectivity index (χ1v) is 15.3. The SMILES string of the molecule is CC(C)Cc1sc(N(CCC(=O)NS(=O)(=O)CCCN)Cc2ccccc2)nc1-c1ccc(Cl)c(Cl)c1. The average molecular weight is 584 g/mol. The Kier molecular flexibility index (Phi) is 10.8. The number of hydrogen-bond acceptors (Lipinski definition) is 7. The van der Waals surface area contributed by atoms with E-state index >= 15 is 0 Å². The van der Waals surface area contributed by atoms with Crippen molar-refractivity contribution in [1.29, 1.82) is 0 Å². The summed E-state index contributed by atoms with van der Waals surface area (Å²) in [7, 11) is -3.71. The van der Waals surface area contributed by atoms with Crippen LogP contribution in [-0.4, -0.2) is 38.2 Å². The molecule has 0 saturated carbocycles. The molecule has 7 nitrogen and oxygen atoms in total. The number of rotatable bonds is 13. The molecule has 0 fully saturated rings. The van der Waals surface area contributed by atoms with Gasteiger partial charge in [-0.15, -0.1) is 11.3 Å². The van der Waals surface area contributed by atoms with Crippen LogP contribution in [0.15, 0.2) is 48.5 Å². The molecular formula is C26H32Cl2N4O3S2. The van der Waals surface area contributed by atoms with E-state index in [-0.39, 0.29) is 25.1 Å². The van der Waals surface area contributed by atoms with E-state index in [1.165, 1.54) is 0 Å². The normalized spacial score (nSPS) is 11.6. The maximum atomic E-state index is 12.5. The number of anilines is 1. The molecular weight excluding hydrogens is 551 g/mol. The van der Waals surface area contributed by atoms with Crippen molar-refractivity contribution in [2.75, 3.05) is 23.7 Å². The average Bonchev–Trinajstić information content (AvgIpc) is 3.25. The number of amides is 1. The third-order valence-corrected chi connectivity index (χ3v) is 8.70. The Hall–Kier alpha value is -2.17. The Morgan fingerprint density at radius 2 is 1.86 bits per heavy atom. The molecule has 0 radical (unpaired) electrons. The Balaban J connectivity index is 1.90. The van der Waals surface area contributed by atoms with E-state index in [4.69, 9.17) is 33.9 Å². The summed E-state index contributed by atoms with van der Waals surface area (Å²) >= 11 is 14.0. The molecule has 3 aromatic rings. The zero-order chi connectivity index (χ0) is 27.0. The van der Waals surface area contributed by atoms with E-state index in [1.54, 1.807) is 17.4 Å². The van der Waals surface area contributed by atoms with Gasteiger partial charge in [-0.1, -0.05) is 73.4 Å². The number of nitrogens with two attached hydrogens (primary N) is 1. The maximum Gasteiger partial charge on any atom is 0.235 e. The van der Waals surface area contributed by atoms with Crippen molar-refractivity contribution in [3.05, 3.63) is 69.0 Å². The highest BCUT2D eigenvalue weighted by Crippen LogP contribution is 2.37. The largest absolute Gasteiger partial charge is 0.343 e. The van der Waals surface area contributed by atoms with Gasteiger partial charge in [-0.05, 0) is 43.0 Å². The van der Waals surface area contributed by atoms with E-state index in [2.05, 4.69) is 18.6 Å². The van der Waals surface area contributed by atoms with Crippen LogP contribution in [-0.2, 0) is 27.8 Å². The number of sulfonamides is 1. The van der Waals surface area contributed by atoms with Crippen molar-refractivity contribution in [1.82, 2.24) is 9.71 Å². The predicted molar refractivity (Wildman–Crippen MR) is 154 cm³/mol. The summed E-state index contributed by atoms with van der Waals surface area (Å²) in [5, 5.41) is 1.68. The zero-order valence-electron chi connectivity index (χ0n) is 20.9. The van der Waals surface area contributed by atoms with Crippen molar-refractivity contribution >= 4 is 55.6 Å². The van der Waals surface area contributed by atoms with Gasteiger partial charge in [-0.3, -0.25) is 9.52 Å². The minimum Gasteiger partial charge on any atom is -0.343 e. The van der Waals surface area contributed by atoms with Crippen LogP contribution in [0.25, 0.3) is 11.3 Å². The molecule has 0 aliphatic rings. The number of halogens is 2. The number of carbonyl (C=O) groups is 1. The molecule has 0 spiro atoms. The summed E-state index contributed by atoms with van der Waals surface area (Å²) in [5.74, 6) is -0.332. The molecule has 3 rings (SSSR count). The molecule has 11 heteroatoms. The fourth-order valence-corrected chi connectivity index (χ4v) is 6.40. The zero-order valence-corrected chi connectivity index (χ0v) is 24.1. The Morgan fingerprint density at radius 1 is 1.14 bits per heavy atom. The molecule has 0 bridgehead atoms. The molecule has 200 valence electrons. The second-order valence-corrected chi connectivity index (χ2v) is 12.9. The topological polar surface area (TPSA) is 105 Å². The van der Waals surface area contributed by atoms with Crippen molar-refractivity contribution in [3.8, 4) is 11.3 Å². The first-order valence-electron chi connectivity index (χ1n) is 12.1. The lowest BCUT2D eigenvalue weighted by molar-refractivity contribution is -0.119. The standard InChI is InChI=1S/C26H32Cl2N4O3S2/c1-18(2)15-23-25(20-9-10-21(27)22(28)16-20)30-26(36-23)32(17-19-7-4-3-5-8-19)13-11-24(33)31-37(34,35)14-6-12-29/h3-5,7-10,16,18H,6,11-15,17,29H2,1-2H3,(H,31,33). The maximum absolute atomic E-state index is 12.5. The molecule has 1 heterocycles. The highest BCUT2D eigenvalue weighted by atomic mass is 35.5. The molecule has 3 N–H and O–H groups in total. The van der Waals surface area contributed by atoms with Crippen LogP contribution in [0.1, 0.15) is 37.1 Å². The number of hydrogen-bond donors (Lipinski definition) is 2. The Labute approximate surface area is 233 Å². The van der Waals surface area contributed by atoms with Crippen LogP contribution in [0.4, 0.5) is 5.13 Å². The summed E-state index contributed by atoms with van der Waals surface area (Å²) in [6, 6.07) is 15.3. The summed E-state index contributed by atoms with van der Waals surface area (Å²) in [6.45, 7) is 5.35. The third-order valence-electron chi connectivity index (χ3n) is 5.45. The van der Waals surface area contributed by atoms with E-state index in [0.29, 0.717) is 29.1 Å². The second-order valence-electron chi connectivity index (χ2n) is 9.14. The molecule has 1 aromatic heterocycles. The van der Waals surface area contributed by atoms with Gasteiger partial charge in [-0.25, -0.2) is 13.4 Å². The van der Waals surface area contributed by atoms with E-state index < -0.39 is 15.9 Å². The highest BCUT2D eigenvalue weighted by Gasteiger charge is 2.21. The molecule has 0 saturated heterocycles. The third kappa shape index (κ3) is 8.97. The van der Waals surface area contributed by atoms with Crippen LogP contribution < -0.4 is 15.4 Å². The monoisotopic (exact) mass is 582 g/mol. The Morgan fingerprint density at radius 3 is 2.51 bits per heavy atom. The van der Waals surface area contributed by atoms with Crippen LogP contribution in [0.5, 0.6) is 0 Å². The van der Waals surface area contributed by atoms with Gasteiger partial charge in [-0.2, -0.15) is 0 Å². The minimum absolute atomic E-state index is 0.00408. The quantitative estimate of drug-likeness (QED) is 0.275. The van der Waals surface area contributed by atoms with Gasteiger partial charge in [0.25, 0.3) is 0 Å².